The molecule has 1 fully saturated rings. The van der Waals surface area contributed by atoms with Gasteiger partial charge in [-0.15, -0.1) is 0 Å². The molecule has 0 bridgehead atoms. The number of halogens is 3. The molecule has 0 aliphatic heterocycles. The largest absolute Gasteiger partial charge is 0.353 e. The van der Waals surface area contributed by atoms with Crippen molar-refractivity contribution < 1.29 is 4.79 Å². The van der Waals surface area contributed by atoms with Gasteiger partial charge in [0.2, 0.25) is 5.91 Å². The van der Waals surface area contributed by atoms with Crippen LogP contribution in [0.25, 0.3) is 0 Å². The highest BCUT2D eigenvalue weighted by Gasteiger charge is 2.27. The van der Waals surface area contributed by atoms with E-state index in [0.717, 1.165) is 17.3 Å². The van der Waals surface area contributed by atoms with Crippen LogP contribution in [0.2, 0.25) is 10.0 Å². The molecule has 1 aromatic rings. The van der Waals surface area contributed by atoms with Crippen molar-refractivity contribution in [1.82, 2.24) is 5.32 Å². The normalized spacial score (nSPS) is 22.5. The third-order valence-corrected chi connectivity index (χ3v) is 5.12. The van der Waals surface area contributed by atoms with E-state index in [9.17, 15) is 4.79 Å². The number of hydrogen-bond donors (Lipinski definition) is 1. The minimum Gasteiger partial charge on any atom is -0.353 e. The average molecular weight is 365 g/mol. The number of nitrogens with one attached hydrogen (secondary N) is 1. The molecule has 1 aliphatic rings. The minimum atomic E-state index is 0.0521. The van der Waals surface area contributed by atoms with Crippen LogP contribution in [0, 0.1) is 5.92 Å². The number of carbonyl (C=O) groups excluding carboxylic acids is 1. The van der Waals surface area contributed by atoms with E-state index in [1.54, 1.807) is 12.1 Å². The number of amides is 1. The van der Waals surface area contributed by atoms with E-state index in [4.69, 9.17) is 23.2 Å². The first kappa shape index (κ1) is 15.1. The fourth-order valence-corrected chi connectivity index (χ4v) is 3.60. The quantitative estimate of drug-likeness (QED) is 0.796. The second-order valence-electron chi connectivity index (χ2n) is 4.94. The maximum Gasteiger partial charge on any atom is 0.224 e. The zero-order chi connectivity index (χ0) is 13.8. The van der Waals surface area contributed by atoms with E-state index < -0.39 is 0 Å². The van der Waals surface area contributed by atoms with Crippen molar-refractivity contribution in [2.75, 3.05) is 5.33 Å². The number of rotatable bonds is 4. The molecule has 1 aliphatic carbocycles. The Kier molecular flexibility index (Phi) is 5.55. The van der Waals surface area contributed by atoms with Crippen molar-refractivity contribution in [3.63, 3.8) is 0 Å². The Morgan fingerprint density at radius 3 is 2.79 bits per heavy atom. The zero-order valence-electron chi connectivity index (χ0n) is 10.5. The van der Waals surface area contributed by atoms with Gasteiger partial charge in [-0.05, 0) is 36.5 Å². The molecule has 2 unspecified atom stereocenters. The first-order valence-corrected chi connectivity index (χ1v) is 8.27. The Labute approximate surface area is 132 Å². The average Bonchev–Trinajstić information content (AvgIpc) is 2.81. The van der Waals surface area contributed by atoms with Crippen LogP contribution in [0.5, 0.6) is 0 Å². The molecule has 1 saturated carbocycles. The van der Waals surface area contributed by atoms with Gasteiger partial charge in [0.25, 0.3) is 0 Å². The van der Waals surface area contributed by atoms with Gasteiger partial charge in [-0.25, -0.2) is 0 Å². The van der Waals surface area contributed by atoms with Crippen molar-refractivity contribution in [2.24, 2.45) is 5.92 Å². The Bertz CT molecular complexity index is 467. The van der Waals surface area contributed by atoms with Gasteiger partial charge in [-0.2, -0.15) is 0 Å². The van der Waals surface area contributed by atoms with E-state index in [1.165, 1.54) is 12.8 Å². The fraction of sp³-hybridized carbons (Fsp3) is 0.500. The second kappa shape index (κ2) is 6.96. The lowest BCUT2D eigenvalue weighted by atomic mass is 10.1. The van der Waals surface area contributed by atoms with Crippen LogP contribution >= 0.6 is 39.1 Å². The van der Waals surface area contributed by atoms with Crippen molar-refractivity contribution >= 4 is 45.0 Å². The van der Waals surface area contributed by atoms with Crippen LogP contribution in [-0.4, -0.2) is 17.3 Å². The minimum absolute atomic E-state index is 0.0521. The van der Waals surface area contributed by atoms with Gasteiger partial charge in [0.05, 0.1) is 16.5 Å². The molecule has 2 atom stereocenters. The Morgan fingerprint density at radius 1 is 1.32 bits per heavy atom. The maximum absolute atomic E-state index is 12.0. The molecule has 2 rings (SSSR count). The lowest BCUT2D eigenvalue weighted by molar-refractivity contribution is -0.121. The van der Waals surface area contributed by atoms with E-state index >= 15 is 0 Å². The van der Waals surface area contributed by atoms with Crippen LogP contribution in [0.4, 0.5) is 0 Å². The van der Waals surface area contributed by atoms with E-state index in [1.807, 2.05) is 6.07 Å². The molecule has 0 spiro atoms. The summed E-state index contributed by atoms with van der Waals surface area (Å²) in [6.07, 6.45) is 3.79. The third kappa shape index (κ3) is 4.11. The van der Waals surface area contributed by atoms with Crippen molar-refractivity contribution in [3.05, 3.63) is 33.8 Å². The van der Waals surface area contributed by atoms with Gasteiger partial charge >= 0.3 is 0 Å². The lowest BCUT2D eigenvalue weighted by Crippen LogP contribution is -2.38. The molecule has 0 aromatic heterocycles. The summed E-state index contributed by atoms with van der Waals surface area (Å²) in [4.78, 5) is 12.0. The number of hydrogen-bond acceptors (Lipinski definition) is 1. The molecular formula is C14H16BrCl2NO. The fourth-order valence-electron chi connectivity index (χ4n) is 2.50. The Hall–Kier alpha value is -0.250. The highest BCUT2D eigenvalue weighted by Crippen LogP contribution is 2.27. The number of benzene rings is 1. The van der Waals surface area contributed by atoms with Gasteiger partial charge in [-0.1, -0.05) is 51.6 Å². The molecule has 19 heavy (non-hydrogen) atoms. The summed E-state index contributed by atoms with van der Waals surface area (Å²) in [6, 6.07) is 5.61. The number of carbonyl (C=O) groups is 1. The Balaban J connectivity index is 1.92. The first-order chi connectivity index (χ1) is 9.10. The first-order valence-electron chi connectivity index (χ1n) is 6.39. The molecule has 1 amide bonds. The van der Waals surface area contributed by atoms with Crippen LogP contribution in [0.3, 0.4) is 0 Å². The molecule has 1 N–H and O–H groups in total. The predicted octanol–water partition coefficient (Wildman–Crippen LogP) is 4.22. The van der Waals surface area contributed by atoms with Gasteiger partial charge in [-0.3, -0.25) is 4.79 Å². The zero-order valence-corrected chi connectivity index (χ0v) is 13.6. The molecule has 0 heterocycles. The Morgan fingerprint density at radius 2 is 2.11 bits per heavy atom. The molecule has 2 nitrogen and oxygen atoms in total. The third-order valence-electron chi connectivity index (χ3n) is 3.55. The summed E-state index contributed by atoms with van der Waals surface area (Å²) in [5.74, 6) is 0.606. The van der Waals surface area contributed by atoms with Gasteiger partial charge in [0.1, 0.15) is 0 Å². The summed E-state index contributed by atoms with van der Waals surface area (Å²) in [7, 11) is 0. The summed E-state index contributed by atoms with van der Waals surface area (Å²) >= 11 is 15.3. The summed E-state index contributed by atoms with van der Waals surface area (Å²) in [6.45, 7) is 0. The van der Waals surface area contributed by atoms with E-state index in [0.29, 0.717) is 28.4 Å². The lowest BCUT2D eigenvalue weighted by Gasteiger charge is -2.19. The molecule has 5 heteroatoms. The smallest absolute Gasteiger partial charge is 0.224 e. The van der Waals surface area contributed by atoms with Crippen LogP contribution in [0.15, 0.2) is 18.2 Å². The van der Waals surface area contributed by atoms with Crippen LogP contribution in [0.1, 0.15) is 24.8 Å². The van der Waals surface area contributed by atoms with Gasteiger partial charge in [0.15, 0.2) is 0 Å². The predicted molar refractivity (Wildman–Crippen MR) is 83.2 cm³/mol. The highest BCUT2D eigenvalue weighted by atomic mass is 79.9. The molecule has 1 aromatic carbocycles. The molecule has 104 valence electrons. The summed E-state index contributed by atoms with van der Waals surface area (Å²) in [5.41, 5.74) is 0.889. The van der Waals surface area contributed by atoms with Crippen molar-refractivity contribution in [2.45, 2.75) is 31.7 Å². The summed E-state index contributed by atoms with van der Waals surface area (Å²) < 4.78 is 0. The van der Waals surface area contributed by atoms with E-state index in [-0.39, 0.29) is 5.91 Å². The topological polar surface area (TPSA) is 29.1 Å². The van der Waals surface area contributed by atoms with Gasteiger partial charge in [0, 0.05) is 11.4 Å². The SMILES string of the molecule is O=C(Cc1ccc(Cl)c(Cl)c1)NC1CCCC1CBr. The van der Waals surface area contributed by atoms with Crippen molar-refractivity contribution in [1.29, 1.82) is 0 Å². The second-order valence-corrected chi connectivity index (χ2v) is 6.41. The monoisotopic (exact) mass is 363 g/mol. The van der Waals surface area contributed by atoms with Gasteiger partial charge < -0.3 is 5.32 Å². The van der Waals surface area contributed by atoms with E-state index in [2.05, 4.69) is 21.2 Å². The summed E-state index contributed by atoms with van der Waals surface area (Å²) in [5, 5.41) is 5.07. The van der Waals surface area contributed by atoms with Crippen LogP contribution < -0.4 is 5.32 Å². The number of alkyl halides is 1. The maximum atomic E-state index is 12.0. The molecular weight excluding hydrogens is 349 g/mol. The van der Waals surface area contributed by atoms with Crippen molar-refractivity contribution in [3.8, 4) is 0 Å². The molecule has 0 saturated heterocycles. The molecule has 0 radical (unpaired) electrons. The standard InChI is InChI=1S/C14H16BrCl2NO/c15-8-10-2-1-3-13(10)18-14(19)7-9-4-5-11(16)12(17)6-9/h4-6,10,13H,1-3,7-8H2,(H,18,19). The highest BCUT2D eigenvalue weighted by molar-refractivity contribution is 9.09. The van der Waals surface area contributed by atoms with Crippen LogP contribution in [-0.2, 0) is 11.2 Å².